The van der Waals surface area contributed by atoms with Crippen molar-refractivity contribution in [3.63, 3.8) is 0 Å². The second kappa shape index (κ2) is 8.55. The van der Waals surface area contributed by atoms with Gasteiger partial charge in [0, 0.05) is 13.0 Å². The van der Waals surface area contributed by atoms with Crippen molar-refractivity contribution in [1.29, 1.82) is 0 Å². The minimum absolute atomic E-state index is 0. The van der Waals surface area contributed by atoms with Gasteiger partial charge in [-0.2, -0.15) is 0 Å². The fourth-order valence-corrected chi connectivity index (χ4v) is 2.65. The van der Waals surface area contributed by atoms with Crippen LogP contribution in [0.3, 0.4) is 0 Å². The fraction of sp³-hybridized carbons (Fsp3) is 0.611. The summed E-state index contributed by atoms with van der Waals surface area (Å²) >= 11 is 0. The van der Waals surface area contributed by atoms with Gasteiger partial charge in [0.2, 0.25) is 5.91 Å². The lowest BCUT2D eigenvalue weighted by Gasteiger charge is -2.29. The van der Waals surface area contributed by atoms with Crippen molar-refractivity contribution < 1.29 is 9.53 Å². The summed E-state index contributed by atoms with van der Waals surface area (Å²) in [5.74, 6) is 1.49. The standard InChI is InChI=1S/C18H28N2O2.ClH/c1-13-6-9-16(11-14(13)2)22-10-4-5-17(21)20-18(3,12-19)15-7-8-15;/h6,9,11,15H,4-5,7-8,10,12,19H2,1-3H3,(H,20,21);1H. The summed E-state index contributed by atoms with van der Waals surface area (Å²) in [6.45, 7) is 7.26. The van der Waals surface area contributed by atoms with Crippen LogP contribution in [0, 0.1) is 19.8 Å². The van der Waals surface area contributed by atoms with Crippen molar-refractivity contribution in [2.45, 2.75) is 52.0 Å². The van der Waals surface area contributed by atoms with Gasteiger partial charge < -0.3 is 15.8 Å². The predicted molar refractivity (Wildman–Crippen MR) is 96.2 cm³/mol. The van der Waals surface area contributed by atoms with Crippen LogP contribution in [0.1, 0.15) is 43.7 Å². The second-order valence-electron chi connectivity index (χ2n) is 6.64. The van der Waals surface area contributed by atoms with Gasteiger partial charge in [-0.05, 0) is 69.2 Å². The first kappa shape index (κ1) is 19.8. The lowest BCUT2D eigenvalue weighted by molar-refractivity contribution is -0.123. The van der Waals surface area contributed by atoms with E-state index in [9.17, 15) is 4.79 Å². The molecule has 23 heavy (non-hydrogen) atoms. The smallest absolute Gasteiger partial charge is 0.220 e. The summed E-state index contributed by atoms with van der Waals surface area (Å²) in [7, 11) is 0. The summed E-state index contributed by atoms with van der Waals surface area (Å²) in [4.78, 5) is 12.0. The molecule has 0 radical (unpaired) electrons. The molecule has 5 heteroatoms. The molecule has 4 nitrogen and oxygen atoms in total. The number of amides is 1. The molecule has 0 saturated heterocycles. The van der Waals surface area contributed by atoms with Crippen molar-refractivity contribution >= 4 is 18.3 Å². The first-order valence-corrected chi connectivity index (χ1v) is 8.16. The lowest BCUT2D eigenvalue weighted by Crippen LogP contribution is -2.53. The number of carbonyl (C=O) groups excluding carboxylic acids is 1. The van der Waals surface area contributed by atoms with E-state index in [1.165, 1.54) is 24.0 Å². The van der Waals surface area contributed by atoms with E-state index in [1.807, 2.05) is 19.1 Å². The Hall–Kier alpha value is -1.26. The van der Waals surface area contributed by atoms with Crippen LogP contribution in [0.15, 0.2) is 18.2 Å². The number of benzene rings is 1. The van der Waals surface area contributed by atoms with E-state index < -0.39 is 0 Å². The van der Waals surface area contributed by atoms with Gasteiger partial charge in [0.15, 0.2) is 0 Å². The van der Waals surface area contributed by atoms with Gasteiger partial charge in [-0.15, -0.1) is 12.4 Å². The lowest BCUT2D eigenvalue weighted by atomic mass is 9.95. The normalized spacial score (nSPS) is 16.2. The molecule has 0 aromatic heterocycles. The van der Waals surface area contributed by atoms with Crippen molar-refractivity contribution in [1.82, 2.24) is 5.32 Å². The molecule has 1 aliphatic carbocycles. The van der Waals surface area contributed by atoms with Crippen molar-refractivity contribution in [2.75, 3.05) is 13.2 Å². The number of hydrogen-bond donors (Lipinski definition) is 2. The number of ether oxygens (including phenoxy) is 1. The number of nitrogens with one attached hydrogen (secondary N) is 1. The van der Waals surface area contributed by atoms with Crippen LogP contribution in [-0.2, 0) is 4.79 Å². The van der Waals surface area contributed by atoms with Crippen molar-refractivity contribution in [3.05, 3.63) is 29.3 Å². The zero-order chi connectivity index (χ0) is 16.2. The molecule has 0 spiro atoms. The largest absolute Gasteiger partial charge is 0.494 e. The number of hydrogen-bond acceptors (Lipinski definition) is 3. The van der Waals surface area contributed by atoms with Crippen LogP contribution >= 0.6 is 12.4 Å². The first-order valence-electron chi connectivity index (χ1n) is 8.16. The Morgan fingerprint density at radius 1 is 1.35 bits per heavy atom. The van der Waals surface area contributed by atoms with Gasteiger partial charge in [-0.3, -0.25) is 4.79 Å². The molecule has 1 fully saturated rings. The maximum atomic E-state index is 12.0. The number of nitrogens with two attached hydrogens (primary N) is 1. The Labute approximate surface area is 145 Å². The third-order valence-corrected chi connectivity index (χ3v) is 4.62. The predicted octanol–water partition coefficient (Wildman–Crippen LogP) is 3.13. The monoisotopic (exact) mass is 340 g/mol. The number of halogens is 1. The highest BCUT2D eigenvalue weighted by Crippen LogP contribution is 2.38. The van der Waals surface area contributed by atoms with Gasteiger partial charge in [0.05, 0.1) is 12.1 Å². The second-order valence-corrected chi connectivity index (χ2v) is 6.64. The molecule has 0 aliphatic heterocycles. The summed E-state index contributed by atoms with van der Waals surface area (Å²) in [5.41, 5.74) is 8.06. The third kappa shape index (κ3) is 5.70. The van der Waals surface area contributed by atoms with E-state index in [4.69, 9.17) is 10.5 Å². The number of carbonyl (C=O) groups is 1. The molecular formula is C18H29ClN2O2. The molecule has 1 saturated carbocycles. The minimum atomic E-state index is -0.230. The summed E-state index contributed by atoms with van der Waals surface area (Å²) in [6.07, 6.45) is 3.53. The summed E-state index contributed by atoms with van der Waals surface area (Å²) in [5, 5.41) is 3.10. The van der Waals surface area contributed by atoms with Gasteiger partial charge in [-0.1, -0.05) is 6.07 Å². The Kier molecular flexibility index (Phi) is 7.36. The third-order valence-electron chi connectivity index (χ3n) is 4.62. The van der Waals surface area contributed by atoms with Crippen molar-refractivity contribution in [2.24, 2.45) is 11.7 Å². The van der Waals surface area contributed by atoms with E-state index in [-0.39, 0.29) is 23.9 Å². The van der Waals surface area contributed by atoms with E-state index in [1.54, 1.807) is 0 Å². The molecule has 1 aromatic carbocycles. The van der Waals surface area contributed by atoms with E-state index in [0.29, 0.717) is 31.9 Å². The Morgan fingerprint density at radius 3 is 2.61 bits per heavy atom. The molecule has 3 N–H and O–H groups in total. The zero-order valence-electron chi connectivity index (χ0n) is 14.4. The maximum Gasteiger partial charge on any atom is 0.220 e. The topological polar surface area (TPSA) is 64.3 Å². The van der Waals surface area contributed by atoms with Crippen LogP contribution < -0.4 is 15.8 Å². The minimum Gasteiger partial charge on any atom is -0.494 e. The van der Waals surface area contributed by atoms with Gasteiger partial charge in [0.1, 0.15) is 5.75 Å². The molecule has 0 bridgehead atoms. The fourth-order valence-electron chi connectivity index (χ4n) is 2.65. The van der Waals surface area contributed by atoms with Crippen LogP contribution in [0.4, 0.5) is 0 Å². The molecular weight excluding hydrogens is 312 g/mol. The van der Waals surface area contributed by atoms with Gasteiger partial charge in [0.25, 0.3) is 0 Å². The average molecular weight is 341 g/mol. The molecule has 130 valence electrons. The molecule has 1 atom stereocenters. The quantitative estimate of drug-likeness (QED) is 0.714. The van der Waals surface area contributed by atoms with E-state index in [2.05, 4.69) is 25.2 Å². The Morgan fingerprint density at radius 2 is 2.04 bits per heavy atom. The van der Waals surface area contributed by atoms with E-state index >= 15 is 0 Å². The zero-order valence-corrected chi connectivity index (χ0v) is 15.2. The van der Waals surface area contributed by atoms with E-state index in [0.717, 1.165) is 5.75 Å². The molecule has 1 aliphatic rings. The molecule has 1 aromatic rings. The SMILES string of the molecule is Cc1ccc(OCCCC(=O)NC(C)(CN)C2CC2)cc1C.Cl. The van der Waals surface area contributed by atoms with Gasteiger partial charge >= 0.3 is 0 Å². The molecule has 0 heterocycles. The van der Waals surface area contributed by atoms with Crippen LogP contribution in [-0.4, -0.2) is 24.6 Å². The van der Waals surface area contributed by atoms with Crippen molar-refractivity contribution in [3.8, 4) is 5.75 Å². The summed E-state index contributed by atoms with van der Waals surface area (Å²) in [6, 6.07) is 6.06. The highest BCUT2D eigenvalue weighted by atomic mass is 35.5. The molecule has 1 amide bonds. The highest BCUT2D eigenvalue weighted by Gasteiger charge is 2.41. The summed E-state index contributed by atoms with van der Waals surface area (Å²) < 4.78 is 5.70. The highest BCUT2D eigenvalue weighted by molar-refractivity contribution is 5.85. The molecule has 2 rings (SSSR count). The Bertz CT molecular complexity index is 532. The van der Waals surface area contributed by atoms with Crippen LogP contribution in [0.2, 0.25) is 0 Å². The maximum absolute atomic E-state index is 12.0. The first-order chi connectivity index (χ1) is 10.4. The number of aryl methyl sites for hydroxylation is 2. The Balaban J connectivity index is 0.00000264. The molecule has 1 unspecified atom stereocenters. The van der Waals surface area contributed by atoms with Crippen LogP contribution in [0.5, 0.6) is 5.75 Å². The average Bonchev–Trinajstić information content (AvgIpc) is 3.32. The number of rotatable bonds is 8. The van der Waals surface area contributed by atoms with Gasteiger partial charge in [-0.25, -0.2) is 0 Å². The van der Waals surface area contributed by atoms with Crippen LogP contribution in [0.25, 0.3) is 0 Å².